The molecule has 1 unspecified atom stereocenters. The van der Waals surface area contributed by atoms with Gasteiger partial charge in [-0.2, -0.15) is 0 Å². The van der Waals surface area contributed by atoms with Gasteiger partial charge in [0.25, 0.3) is 0 Å². The summed E-state index contributed by atoms with van der Waals surface area (Å²) in [6, 6.07) is 70.4. The molecule has 3 heterocycles. The number of aromatic nitrogens is 2. The first-order chi connectivity index (χ1) is 29.7. The number of para-hydroxylation sites is 1. The van der Waals surface area contributed by atoms with Crippen LogP contribution in [0.15, 0.2) is 223 Å². The van der Waals surface area contributed by atoms with Gasteiger partial charge in [0, 0.05) is 39.9 Å². The molecular formula is C55H37N5. The Hall–Kier alpha value is -8.02. The first kappa shape index (κ1) is 35.2. The predicted molar refractivity (Wildman–Crippen MR) is 248 cm³/mol. The Kier molecular flexibility index (Phi) is 8.82. The molecule has 0 saturated carbocycles. The maximum Gasteiger partial charge on any atom is 0.159 e. The van der Waals surface area contributed by atoms with Gasteiger partial charge in [-0.1, -0.05) is 164 Å². The van der Waals surface area contributed by atoms with E-state index < -0.39 is 6.17 Å². The van der Waals surface area contributed by atoms with Crippen molar-refractivity contribution < 1.29 is 0 Å². The average Bonchev–Trinajstić information content (AvgIpc) is 3.34. The molecule has 0 radical (unpaired) electrons. The lowest BCUT2D eigenvalue weighted by molar-refractivity contribution is 0.674. The molecule has 10 aromatic rings. The van der Waals surface area contributed by atoms with Crippen LogP contribution in [0, 0.1) is 0 Å². The molecule has 1 N–H and O–H groups in total. The van der Waals surface area contributed by atoms with Crippen LogP contribution in [0.5, 0.6) is 0 Å². The van der Waals surface area contributed by atoms with Gasteiger partial charge in [-0.05, 0) is 91.5 Å². The van der Waals surface area contributed by atoms with Crippen LogP contribution in [0.3, 0.4) is 0 Å². The fourth-order valence-corrected chi connectivity index (χ4v) is 8.48. The number of pyridine rings is 2. The molecule has 0 bridgehead atoms. The van der Waals surface area contributed by atoms with Gasteiger partial charge < -0.3 is 5.32 Å². The van der Waals surface area contributed by atoms with Crippen LogP contribution < -0.4 is 5.32 Å². The zero-order valence-corrected chi connectivity index (χ0v) is 32.6. The van der Waals surface area contributed by atoms with Crippen molar-refractivity contribution in [2.45, 2.75) is 6.17 Å². The van der Waals surface area contributed by atoms with E-state index in [-0.39, 0.29) is 0 Å². The van der Waals surface area contributed by atoms with Crippen LogP contribution in [0.4, 0.5) is 0 Å². The minimum Gasteiger partial charge on any atom is -0.344 e. The molecule has 5 nitrogen and oxygen atoms in total. The van der Waals surface area contributed by atoms with Crippen LogP contribution in [0.25, 0.3) is 77.1 Å². The van der Waals surface area contributed by atoms with Gasteiger partial charge in [-0.25, -0.2) is 15.0 Å². The van der Waals surface area contributed by atoms with Crippen LogP contribution in [0.1, 0.15) is 22.9 Å². The van der Waals surface area contributed by atoms with Crippen molar-refractivity contribution in [1.82, 2.24) is 15.3 Å². The van der Waals surface area contributed by atoms with Gasteiger partial charge in [0.05, 0.1) is 11.2 Å². The SMILES string of the molecule is c1ccc(C2=NC(c3cc(-c4cccc(-c5ccccc5)c4)cc(-c4ccc(-c5nc6ccccc6c6ccncc56)c5ccccc45)c3)NC(c3ccccc3)=N2)cc1. The third-order valence-electron chi connectivity index (χ3n) is 11.4. The lowest BCUT2D eigenvalue weighted by Gasteiger charge is -2.25. The second-order valence-electron chi connectivity index (χ2n) is 15.1. The average molecular weight is 768 g/mol. The van der Waals surface area contributed by atoms with Crippen LogP contribution >= 0.6 is 0 Å². The van der Waals surface area contributed by atoms with E-state index in [1.54, 1.807) is 0 Å². The van der Waals surface area contributed by atoms with Gasteiger partial charge in [0.15, 0.2) is 5.84 Å². The van der Waals surface area contributed by atoms with Crippen LogP contribution in [-0.2, 0) is 0 Å². The molecule has 1 aliphatic rings. The molecule has 282 valence electrons. The predicted octanol–water partition coefficient (Wildman–Crippen LogP) is 13.1. The van der Waals surface area contributed by atoms with Crippen LogP contribution in [0.2, 0.25) is 0 Å². The van der Waals surface area contributed by atoms with Crippen molar-refractivity contribution in [3.05, 3.63) is 229 Å². The van der Waals surface area contributed by atoms with Crippen molar-refractivity contribution in [2.24, 2.45) is 9.98 Å². The van der Waals surface area contributed by atoms with E-state index in [4.69, 9.17) is 15.0 Å². The number of fused-ring (bicyclic) bond motifs is 4. The summed E-state index contributed by atoms with van der Waals surface area (Å²) in [7, 11) is 0. The Labute approximate surface area is 348 Å². The number of nitrogens with one attached hydrogen (secondary N) is 1. The molecule has 0 saturated heterocycles. The van der Waals surface area contributed by atoms with E-state index in [0.29, 0.717) is 5.84 Å². The minimum absolute atomic E-state index is 0.407. The molecule has 0 fully saturated rings. The van der Waals surface area contributed by atoms with Crippen molar-refractivity contribution in [1.29, 1.82) is 0 Å². The lowest BCUT2D eigenvalue weighted by Crippen LogP contribution is -2.33. The molecule has 0 spiro atoms. The number of rotatable bonds is 7. The summed E-state index contributed by atoms with van der Waals surface area (Å²) in [5, 5.41) is 9.28. The highest BCUT2D eigenvalue weighted by molar-refractivity contribution is 6.15. The quantitative estimate of drug-likeness (QED) is 0.164. The first-order valence-electron chi connectivity index (χ1n) is 20.2. The number of hydrogen-bond donors (Lipinski definition) is 1. The second kappa shape index (κ2) is 15.1. The fraction of sp³-hybridized carbons (Fsp3) is 0.0182. The Morgan fingerprint density at radius 3 is 1.75 bits per heavy atom. The Morgan fingerprint density at radius 2 is 0.983 bits per heavy atom. The maximum atomic E-state index is 5.31. The molecule has 0 amide bonds. The van der Waals surface area contributed by atoms with Gasteiger partial charge in [-0.15, -0.1) is 0 Å². The number of benzene rings is 8. The summed E-state index contributed by atoms with van der Waals surface area (Å²) in [6.07, 6.45) is 3.40. The lowest BCUT2D eigenvalue weighted by atomic mass is 9.89. The summed E-state index contributed by atoms with van der Waals surface area (Å²) in [5.74, 6) is 1.47. The Morgan fingerprint density at radius 1 is 0.400 bits per heavy atom. The summed E-state index contributed by atoms with van der Waals surface area (Å²) in [4.78, 5) is 20.2. The van der Waals surface area contributed by atoms with E-state index in [0.717, 1.165) is 94.0 Å². The Balaban J connectivity index is 1.11. The largest absolute Gasteiger partial charge is 0.344 e. The molecule has 0 aliphatic carbocycles. The molecule has 8 aromatic carbocycles. The Bertz CT molecular complexity index is 3280. The van der Waals surface area contributed by atoms with E-state index in [1.807, 2.05) is 48.8 Å². The number of nitrogens with zero attached hydrogens (tertiary/aromatic N) is 4. The fourth-order valence-electron chi connectivity index (χ4n) is 8.48. The van der Waals surface area contributed by atoms with Crippen molar-refractivity contribution in [3.8, 4) is 44.6 Å². The molecule has 1 aliphatic heterocycles. The third-order valence-corrected chi connectivity index (χ3v) is 11.4. The van der Waals surface area contributed by atoms with Gasteiger partial charge >= 0.3 is 0 Å². The number of aliphatic imine (C=N–C) groups is 2. The van der Waals surface area contributed by atoms with Gasteiger partial charge in [-0.3, -0.25) is 4.98 Å². The second-order valence-corrected chi connectivity index (χ2v) is 15.1. The highest BCUT2D eigenvalue weighted by Crippen LogP contribution is 2.41. The molecular weight excluding hydrogens is 731 g/mol. The van der Waals surface area contributed by atoms with Crippen molar-refractivity contribution >= 4 is 44.1 Å². The summed E-state index contributed by atoms with van der Waals surface area (Å²) >= 11 is 0. The van der Waals surface area contributed by atoms with Crippen LogP contribution in [-0.4, -0.2) is 21.6 Å². The first-order valence-corrected chi connectivity index (χ1v) is 20.2. The smallest absolute Gasteiger partial charge is 0.159 e. The zero-order chi connectivity index (χ0) is 39.8. The third kappa shape index (κ3) is 6.48. The highest BCUT2D eigenvalue weighted by Gasteiger charge is 2.23. The van der Waals surface area contributed by atoms with Crippen molar-refractivity contribution in [2.75, 3.05) is 0 Å². The van der Waals surface area contributed by atoms with Gasteiger partial charge in [0.1, 0.15) is 12.0 Å². The van der Waals surface area contributed by atoms with E-state index >= 15 is 0 Å². The summed E-state index contributed by atoms with van der Waals surface area (Å²) < 4.78 is 0. The minimum atomic E-state index is -0.407. The monoisotopic (exact) mass is 767 g/mol. The van der Waals surface area contributed by atoms with E-state index in [1.165, 1.54) is 5.56 Å². The molecule has 11 rings (SSSR count). The molecule has 2 aromatic heterocycles. The molecule has 60 heavy (non-hydrogen) atoms. The standard InChI is InChI=1S/C55H37N5/c1-4-15-36(16-5-1)39-21-14-22-40(31-39)41-32-42(34-43(33-41)55-59-53(37-17-6-2-7-18-37)58-54(60-55)38-19-8-3-9-20-38)44-27-28-49(46-24-11-10-23-45(44)46)52-50-35-56-30-29-47(50)48-25-12-13-26-51(48)57-52/h1-35,55H,(H,58,59,60). The van der Waals surface area contributed by atoms with Gasteiger partial charge in [0.2, 0.25) is 0 Å². The van der Waals surface area contributed by atoms with Crippen molar-refractivity contribution in [3.63, 3.8) is 0 Å². The van der Waals surface area contributed by atoms with E-state index in [2.05, 4.69) is 174 Å². The normalized spacial score (nSPS) is 13.8. The maximum absolute atomic E-state index is 5.31. The summed E-state index contributed by atoms with van der Waals surface area (Å²) in [5.41, 5.74) is 12.7. The summed E-state index contributed by atoms with van der Waals surface area (Å²) in [6.45, 7) is 0. The molecule has 1 atom stereocenters. The highest BCUT2D eigenvalue weighted by atomic mass is 15.2. The molecule has 5 heteroatoms. The number of hydrogen-bond acceptors (Lipinski definition) is 5. The topological polar surface area (TPSA) is 62.5 Å². The zero-order valence-electron chi connectivity index (χ0n) is 32.6. The van der Waals surface area contributed by atoms with E-state index in [9.17, 15) is 0 Å². The number of amidine groups is 2.